The van der Waals surface area contributed by atoms with Gasteiger partial charge in [-0.3, -0.25) is 4.79 Å². The highest BCUT2D eigenvalue weighted by atomic mass is 16.5. The first-order valence-electron chi connectivity index (χ1n) is 9.57. The summed E-state index contributed by atoms with van der Waals surface area (Å²) in [4.78, 5) is 17.3. The molecule has 26 heavy (non-hydrogen) atoms. The number of aryl methyl sites for hydroxylation is 1. The third-order valence-corrected chi connectivity index (χ3v) is 4.99. The number of hydrogen-bond acceptors (Lipinski definition) is 4. The van der Waals surface area contributed by atoms with Gasteiger partial charge in [0, 0.05) is 37.7 Å². The van der Waals surface area contributed by atoms with Crippen LogP contribution in [0.3, 0.4) is 0 Å². The lowest BCUT2D eigenvalue weighted by atomic mass is 9.92. The minimum absolute atomic E-state index is 0.0424. The lowest BCUT2D eigenvalue weighted by Gasteiger charge is -2.29. The fourth-order valence-corrected chi connectivity index (χ4v) is 3.51. The molecule has 0 atom stereocenters. The molecule has 0 spiro atoms. The Bertz CT molecular complexity index is 761. The lowest BCUT2D eigenvalue weighted by molar-refractivity contribution is 0.00860. The molecule has 0 bridgehead atoms. The number of carbonyl (C=O) groups excluding carboxylic acids is 1. The first-order valence-corrected chi connectivity index (χ1v) is 9.57. The molecule has 2 heterocycles. The Morgan fingerprint density at radius 2 is 2.08 bits per heavy atom. The van der Waals surface area contributed by atoms with Gasteiger partial charge in [0.05, 0.1) is 11.7 Å². The Balaban J connectivity index is 1.62. The average molecular weight is 358 g/mol. The smallest absolute Gasteiger partial charge is 0.255 e. The largest absolute Gasteiger partial charge is 0.378 e. The SMILES string of the molecule is CNc1cc(C)n2ccc(C(=O)NC3CCC(OCC(C)C)CC3)c2n1. The number of nitrogens with zero attached hydrogens (tertiary/aromatic N) is 2. The number of carbonyl (C=O) groups is 1. The normalized spacial score (nSPS) is 20.5. The minimum Gasteiger partial charge on any atom is -0.378 e. The minimum atomic E-state index is -0.0424. The summed E-state index contributed by atoms with van der Waals surface area (Å²) in [6, 6.07) is 4.03. The van der Waals surface area contributed by atoms with E-state index >= 15 is 0 Å². The molecule has 1 amide bonds. The van der Waals surface area contributed by atoms with E-state index in [0.717, 1.165) is 43.8 Å². The van der Waals surface area contributed by atoms with E-state index in [1.807, 2.05) is 36.7 Å². The molecule has 0 aliphatic heterocycles. The second kappa shape index (κ2) is 8.08. The van der Waals surface area contributed by atoms with Crippen LogP contribution in [0.5, 0.6) is 0 Å². The number of amides is 1. The van der Waals surface area contributed by atoms with Crippen molar-refractivity contribution in [2.45, 2.75) is 58.6 Å². The van der Waals surface area contributed by atoms with Crippen LogP contribution in [0.25, 0.3) is 5.65 Å². The molecule has 0 radical (unpaired) electrons. The van der Waals surface area contributed by atoms with E-state index in [4.69, 9.17) is 4.74 Å². The molecule has 0 unspecified atom stereocenters. The molecule has 142 valence electrons. The fourth-order valence-electron chi connectivity index (χ4n) is 3.51. The maximum atomic E-state index is 12.8. The van der Waals surface area contributed by atoms with E-state index in [9.17, 15) is 4.79 Å². The van der Waals surface area contributed by atoms with E-state index < -0.39 is 0 Å². The molecule has 6 nitrogen and oxygen atoms in total. The molecule has 2 aromatic heterocycles. The molecule has 6 heteroatoms. The van der Waals surface area contributed by atoms with Crippen molar-refractivity contribution in [1.82, 2.24) is 14.7 Å². The van der Waals surface area contributed by atoms with E-state index in [-0.39, 0.29) is 11.9 Å². The Kier molecular flexibility index (Phi) is 5.81. The zero-order valence-electron chi connectivity index (χ0n) is 16.2. The third kappa shape index (κ3) is 4.18. The summed E-state index contributed by atoms with van der Waals surface area (Å²) in [6.45, 7) is 7.17. The van der Waals surface area contributed by atoms with Gasteiger partial charge in [0.15, 0.2) is 5.65 Å². The first kappa shape index (κ1) is 18.7. The van der Waals surface area contributed by atoms with Gasteiger partial charge in [-0.2, -0.15) is 0 Å². The summed E-state index contributed by atoms with van der Waals surface area (Å²) in [5.74, 6) is 1.29. The Hall–Kier alpha value is -2.08. The number of aromatic nitrogens is 2. The van der Waals surface area contributed by atoms with Gasteiger partial charge in [-0.05, 0) is 44.6 Å². The van der Waals surface area contributed by atoms with Crippen molar-refractivity contribution in [3.8, 4) is 0 Å². The van der Waals surface area contributed by atoms with Crippen molar-refractivity contribution in [3.63, 3.8) is 0 Å². The predicted molar refractivity (Wildman–Crippen MR) is 104 cm³/mol. The Morgan fingerprint density at radius 1 is 1.35 bits per heavy atom. The van der Waals surface area contributed by atoms with Crippen LogP contribution in [0.4, 0.5) is 5.82 Å². The molecule has 3 rings (SSSR count). The predicted octanol–water partition coefficient (Wildman–Crippen LogP) is 3.40. The molecule has 1 aliphatic carbocycles. The molecular weight excluding hydrogens is 328 g/mol. The highest BCUT2D eigenvalue weighted by Crippen LogP contribution is 2.23. The van der Waals surface area contributed by atoms with Gasteiger partial charge in [-0.15, -0.1) is 0 Å². The zero-order valence-corrected chi connectivity index (χ0v) is 16.2. The quantitative estimate of drug-likeness (QED) is 0.830. The van der Waals surface area contributed by atoms with E-state index in [1.165, 1.54) is 0 Å². The Labute approximate surface area is 155 Å². The summed E-state index contributed by atoms with van der Waals surface area (Å²) in [6.07, 6.45) is 6.19. The Morgan fingerprint density at radius 3 is 2.73 bits per heavy atom. The summed E-state index contributed by atoms with van der Waals surface area (Å²) in [7, 11) is 1.83. The van der Waals surface area contributed by atoms with Gasteiger partial charge in [0.2, 0.25) is 0 Å². The number of nitrogens with one attached hydrogen (secondary N) is 2. The number of ether oxygens (including phenoxy) is 1. The van der Waals surface area contributed by atoms with Crippen molar-refractivity contribution in [1.29, 1.82) is 0 Å². The molecule has 1 saturated carbocycles. The molecule has 1 aliphatic rings. The fraction of sp³-hybridized carbons (Fsp3) is 0.600. The second-order valence-electron chi connectivity index (χ2n) is 7.63. The maximum absolute atomic E-state index is 12.8. The molecule has 1 fully saturated rings. The summed E-state index contributed by atoms with van der Waals surface area (Å²) >= 11 is 0. The van der Waals surface area contributed by atoms with Gasteiger partial charge in [-0.25, -0.2) is 4.98 Å². The number of anilines is 1. The average Bonchev–Trinajstić information content (AvgIpc) is 3.05. The molecule has 0 aromatic carbocycles. The van der Waals surface area contributed by atoms with E-state index in [1.54, 1.807) is 0 Å². The van der Waals surface area contributed by atoms with Crippen molar-refractivity contribution >= 4 is 17.4 Å². The van der Waals surface area contributed by atoms with Gasteiger partial charge < -0.3 is 19.8 Å². The van der Waals surface area contributed by atoms with Crippen LogP contribution >= 0.6 is 0 Å². The molecule has 2 N–H and O–H groups in total. The van der Waals surface area contributed by atoms with E-state index in [0.29, 0.717) is 23.2 Å². The van der Waals surface area contributed by atoms with Gasteiger partial charge in [0.25, 0.3) is 5.91 Å². The van der Waals surface area contributed by atoms with Crippen LogP contribution in [-0.2, 0) is 4.74 Å². The first-order chi connectivity index (χ1) is 12.5. The number of hydrogen-bond donors (Lipinski definition) is 2. The molecular formula is C20H30N4O2. The summed E-state index contributed by atoms with van der Waals surface area (Å²) in [5.41, 5.74) is 2.37. The topological polar surface area (TPSA) is 67.7 Å². The maximum Gasteiger partial charge on any atom is 0.255 e. The summed E-state index contributed by atoms with van der Waals surface area (Å²) in [5, 5.41) is 6.24. The van der Waals surface area contributed by atoms with Gasteiger partial charge in [0.1, 0.15) is 5.82 Å². The number of rotatable bonds is 6. The van der Waals surface area contributed by atoms with Crippen molar-refractivity contribution in [3.05, 3.63) is 29.6 Å². The molecule has 0 saturated heterocycles. The van der Waals surface area contributed by atoms with Crippen LogP contribution in [-0.4, -0.2) is 41.1 Å². The second-order valence-corrected chi connectivity index (χ2v) is 7.63. The van der Waals surface area contributed by atoms with Crippen LogP contribution < -0.4 is 10.6 Å². The lowest BCUT2D eigenvalue weighted by Crippen LogP contribution is -2.39. The summed E-state index contributed by atoms with van der Waals surface area (Å²) < 4.78 is 7.88. The van der Waals surface area contributed by atoms with Gasteiger partial charge in [-0.1, -0.05) is 13.8 Å². The standard InChI is InChI=1S/C20H30N4O2/c1-13(2)12-26-16-7-5-15(6-8-16)22-20(25)17-9-10-24-14(3)11-18(21-4)23-19(17)24/h9-11,13,15-16H,5-8,12H2,1-4H3,(H,21,23)(H,22,25). The monoisotopic (exact) mass is 358 g/mol. The van der Waals surface area contributed by atoms with Crippen LogP contribution in [0.2, 0.25) is 0 Å². The van der Waals surface area contributed by atoms with Crippen molar-refractivity contribution in [2.24, 2.45) is 5.92 Å². The highest BCUT2D eigenvalue weighted by molar-refractivity contribution is 6.00. The van der Waals surface area contributed by atoms with Crippen molar-refractivity contribution < 1.29 is 9.53 Å². The van der Waals surface area contributed by atoms with Crippen molar-refractivity contribution in [2.75, 3.05) is 19.0 Å². The van der Waals surface area contributed by atoms with Crippen LogP contribution in [0, 0.1) is 12.8 Å². The molecule has 2 aromatic rings. The van der Waals surface area contributed by atoms with E-state index in [2.05, 4.69) is 29.5 Å². The highest BCUT2D eigenvalue weighted by Gasteiger charge is 2.24. The number of fused-ring (bicyclic) bond motifs is 1. The van der Waals surface area contributed by atoms with Crippen LogP contribution in [0.1, 0.15) is 55.6 Å². The zero-order chi connectivity index (χ0) is 18.7. The van der Waals surface area contributed by atoms with Crippen LogP contribution in [0.15, 0.2) is 18.3 Å². The third-order valence-electron chi connectivity index (χ3n) is 4.99. The van der Waals surface area contributed by atoms with Gasteiger partial charge >= 0.3 is 0 Å².